The number of oxazole rings is 1. The van der Waals surface area contributed by atoms with Crippen LogP contribution in [0.2, 0.25) is 5.02 Å². The van der Waals surface area contributed by atoms with E-state index in [9.17, 15) is 9.18 Å². The fourth-order valence-electron chi connectivity index (χ4n) is 2.65. The van der Waals surface area contributed by atoms with Crippen LogP contribution in [0.15, 0.2) is 16.5 Å². The molecule has 1 aliphatic carbocycles. The van der Waals surface area contributed by atoms with Gasteiger partial charge in [-0.25, -0.2) is 9.37 Å². The third kappa shape index (κ3) is 2.08. The summed E-state index contributed by atoms with van der Waals surface area (Å²) in [7, 11) is 0. The average Bonchev–Trinajstić information content (AvgIpc) is 2.95. The Kier molecular flexibility index (Phi) is 2.93. The fraction of sp³-hybridized carbons (Fsp3) is 0.385. The van der Waals surface area contributed by atoms with Crippen LogP contribution in [0.4, 0.5) is 4.39 Å². The number of fused-ring (bicyclic) bond motifs is 1. The Bertz CT molecular complexity index is 616. The number of hydrogen-bond donors (Lipinski definition) is 1. The highest BCUT2D eigenvalue weighted by Crippen LogP contribution is 2.40. The number of hydrogen-bond acceptors (Lipinski definition) is 3. The molecule has 1 fully saturated rings. The zero-order valence-corrected chi connectivity index (χ0v) is 10.7. The van der Waals surface area contributed by atoms with E-state index in [1.54, 1.807) is 0 Å². The molecular formula is C13H11ClFNO3. The number of carbonyl (C=O) groups is 1. The van der Waals surface area contributed by atoms with E-state index in [0.29, 0.717) is 23.4 Å². The number of aliphatic carboxylic acids is 1. The molecule has 100 valence electrons. The Morgan fingerprint density at radius 1 is 1.47 bits per heavy atom. The van der Waals surface area contributed by atoms with E-state index in [2.05, 4.69) is 4.98 Å². The smallest absolute Gasteiger partial charge is 0.307 e. The molecule has 1 aromatic heterocycles. The van der Waals surface area contributed by atoms with Crippen molar-refractivity contribution in [2.75, 3.05) is 0 Å². The topological polar surface area (TPSA) is 63.3 Å². The molecule has 4 nitrogen and oxygen atoms in total. The molecule has 1 aliphatic rings. The normalized spacial score (nSPS) is 23.1. The van der Waals surface area contributed by atoms with Gasteiger partial charge in [-0.3, -0.25) is 4.79 Å². The lowest BCUT2D eigenvalue weighted by Crippen LogP contribution is -2.16. The van der Waals surface area contributed by atoms with E-state index in [-0.39, 0.29) is 10.9 Å². The molecule has 0 radical (unpaired) electrons. The minimum absolute atomic E-state index is 0.0199. The van der Waals surface area contributed by atoms with Gasteiger partial charge < -0.3 is 9.52 Å². The third-order valence-corrected chi connectivity index (χ3v) is 3.89. The minimum Gasteiger partial charge on any atom is -0.481 e. The molecule has 6 heteroatoms. The van der Waals surface area contributed by atoms with Gasteiger partial charge in [-0.15, -0.1) is 0 Å². The van der Waals surface area contributed by atoms with Gasteiger partial charge in [-0.2, -0.15) is 0 Å². The number of benzene rings is 1. The summed E-state index contributed by atoms with van der Waals surface area (Å²) >= 11 is 5.68. The van der Waals surface area contributed by atoms with Gasteiger partial charge in [0.1, 0.15) is 11.3 Å². The van der Waals surface area contributed by atoms with Crippen LogP contribution in [-0.2, 0) is 4.79 Å². The first-order chi connectivity index (χ1) is 9.06. The molecule has 0 bridgehead atoms. The first kappa shape index (κ1) is 12.4. The largest absolute Gasteiger partial charge is 0.481 e. The first-order valence-electron chi connectivity index (χ1n) is 6.04. The van der Waals surface area contributed by atoms with E-state index < -0.39 is 17.7 Å². The predicted octanol–water partition coefficient (Wildman–Crippen LogP) is 3.59. The Morgan fingerprint density at radius 2 is 2.26 bits per heavy atom. The van der Waals surface area contributed by atoms with Crippen molar-refractivity contribution in [3.8, 4) is 0 Å². The third-order valence-electron chi connectivity index (χ3n) is 3.60. The van der Waals surface area contributed by atoms with Crippen LogP contribution in [0.3, 0.4) is 0 Å². The minimum atomic E-state index is -0.839. The van der Waals surface area contributed by atoms with Crippen molar-refractivity contribution in [1.29, 1.82) is 0 Å². The number of nitrogens with zero attached hydrogens (tertiary/aromatic N) is 1. The van der Waals surface area contributed by atoms with Crippen molar-refractivity contribution in [2.45, 2.75) is 25.2 Å². The van der Waals surface area contributed by atoms with Gasteiger partial charge in [-0.05, 0) is 18.9 Å². The summed E-state index contributed by atoms with van der Waals surface area (Å²) in [5, 5.41) is 9.14. The summed E-state index contributed by atoms with van der Waals surface area (Å²) in [4.78, 5) is 15.4. The Hall–Kier alpha value is -1.62. The molecule has 1 saturated carbocycles. The van der Waals surface area contributed by atoms with E-state index in [1.807, 2.05) is 0 Å². The van der Waals surface area contributed by atoms with Gasteiger partial charge in [0.15, 0.2) is 11.5 Å². The molecule has 2 aromatic rings. The highest BCUT2D eigenvalue weighted by molar-refractivity contribution is 6.31. The van der Waals surface area contributed by atoms with E-state index >= 15 is 0 Å². The highest BCUT2D eigenvalue weighted by atomic mass is 35.5. The lowest BCUT2D eigenvalue weighted by Gasteiger charge is -2.10. The van der Waals surface area contributed by atoms with Gasteiger partial charge in [0.05, 0.1) is 10.9 Å². The standard InChI is InChI=1S/C13H11ClFNO3/c14-8-4-10-11(5-9(8)15)19-12(16-10)6-2-1-3-7(6)13(17)18/h4-7H,1-3H2,(H,17,18). The van der Waals surface area contributed by atoms with Crippen molar-refractivity contribution in [3.05, 3.63) is 28.9 Å². The number of aromatic nitrogens is 1. The SMILES string of the molecule is O=C(O)C1CCCC1c1nc2cc(Cl)c(F)cc2o1. The van der Waals surface area contributed by atoms with E-state index in [4.69, 9.17) is 21.1 Å². The van der Waals surface area contributed by atoms with E-state index in [0.717, 1.165) is 12.8 Å². The van der Waals surface area contributed by atoms with Crippen LogP contribution >= 0.6 is 11.6 Å². The maximum absolute atomic E-state index is 13.3. The molecule has 19 heavy (non-hydrogen) atoms. The molecule has 0 saturated heterocycles. The number of carboxylic acids is 1. The van der Waals surface area contributed by atoms with Crippen LogP contribution in [0.25, 0.3) is 11.1 Å². The van der Waals surface area contributed by atoms with Crippen LogP contribution < -0.4 is 0 Å². The summed E-state index contributed by atoms with van der Waals surface area (Å²) in [6, 6.07) is 2.57. The molecular weight excluding hydrogens is 273 g/mol. The predicted molar refractivity (Wildman–Crippen MR) is 66.7 cm³/mol. The van der Waals surface area contributed by atoms with Gasteiger partial charge in [0.2, 0.25) is 0 Å². The molecule has 1 N–H and O–H groups in total. The zero-order valence-electron chi connectivity index (χ0n) is 9.90. The highest BCUT2D eigenvalue weighted by Gasteiger charge is 2.37. The van der Waals surface area contributed by atoms with Crippen LogP contribution in [0.1, 0.15) is 31.1 Å². The lowest BCUT2D eigenvalue weighted by molar-refractivity contribution is -0.142. The van der Waals surface area contributed by atoms with Crippen molar-refractivity contribution >= 4 is 28.7 Å². The van der Waals surface area contributed by atoms with Crippen LogP contribution in [0, 0.1) is 11.7 Å². The van der Waals surface area contributed by atoms with Gasteiger partial charge >= 0.3 is 5.97 Å². The number of halogens is 2. The Labute approximate surface area is 113 Å². The summed E-state index contributed by atoms with van der Waals surface area (Å²) in [5.74, 6) is -1.77. The molecule has 1 aromatic carbocycles. The second-order valence-corrected chi connectivity index (χ2v) is 5.18. The zero-order chi connectivity index (χ0) is 13.6. The molecule has 2 unspecified atom stereocenters. The van der Waals surface area contributed by atoms with Crippen molar-refractivity contribution in [3.63, 3.8) is 0 Å². The van der Waals surface area contributed by atoms with Crippen molar-refractivity contribution in [2.24, 2.45) is 5.92 Å². The average molecular weight is 284 g/mol. The van der Waals surface area contributed by atoms with Crippen molar-refractivity contribution < 1.29 is 18.7 Å². The number of carboxylic acid groups (broad SMARTS) is 1. The maximum atomic E-state index is 13.3. The lowest BCUT2D eigenvalue weighted by atomic mass is 9.96. The maximum Gasteiger partial charge on any atom is 0.307 e. The molecule has 2 atom stereocenters. The first-order valence-corrected chi connectivity index (χ1v) is 6.42. The Morgan fingerprint density at radius 3 is 3.00 bits per heavy atom. The van der Waals surface area contributed by atoms with Crippen LogP contribution in [-0.4, -0.2) is 16.1 Å². The molecule has 0 spiro atoms. The Balaban J connectivity index is 2.03. The van der Waals surface area contributed by atoms with Crippen LogP contribution in [0.5, 0.6) is 0 Å². The van der Waals surface area contributed by atoms with Gasteiger partial charge in [0.25, 0.3) is 0 Å². The molecule has 0 amide bonds. The van der Waals surface area contributed by atoms with E-state index in [1.165, 1.54) is 12.1 Å². The number of rotatable bonds is 2. The molecule has 3 rings (SSSR count). The molecule has 0 aliphatic heterocycles. The quantitative estimate of drug-likeness (QED) is 0.915. The summed E-state index contributed by atoms with van der Waals surface area (Å²) in [6.07, 6.45) is 2.17. The summed E-state index contributed by atoms with van der Waals surface area (Å²) in [6.45, 7) is 0. The molecule has 1 heterocycles. The monoisotopic (exact) mass is 283 g/mol. The van der Waals surface area contributed by atoms with Gasteiger partial charge in [0, 0.05) is 12.0 Å². The van der Waals surface area contributed by atoms with Gasteiger partial charge in [-0.1, -0.05) is 18.0 Å². The second kappa shape index (κ2) is 4.49. The summed E-state index contributed by atoms with van der Waals surface area (Å²) < 4.78 is 18.8. The van der Waals surface area contributed by atoms with Crippen molar-refractivity contribution in [1.82, 2.24) is 4.98 Å². The fourth-order valence-corrected chi connectivity index (χ4v) is 2.81. The summed E-state index contributed by atoms with van der Waals surface area (Å²) in [5.41, 5.74) is 0.755. The second-order valence-electron chi connectivity index (χ2n) is 4.77.